The molecular formula is C26H28BrN3O5. The lowest BCUT2D eigenvalue weighted by Crippen LogP contribution is -2.25. The van der Waals surface area contributed by atoms with Crippen LogP contribution in [0.2, 0.25) is 0 Å². The monoisotopic (exact) mass is 541 g/mol. The summed E-state index contributed by atoms with van der Waals surface area (Å²) in [5, 5.41) is 5.08. The van der Waals surface area contributed by atoms with Crippen molar-refractivity contribution in [2.24, 2.45) is 5.10 Å². The third-order valence-corrected chi connectivity index (χ3v) is 6.64. The van der Waals surface area contributed by atoms with Crippen LogP contribution in [0.3, 0.4) is 0 Å². The first kappa shape index (κ1) is 24.9. The largest absolute Gasteiger partial charge is 0.493 e. The van der Waals surface area contributed by atoms with Crippen LogP contribution in [0.5, 0.6) is 11.5 Å². The van der Waals surface area contributed by atoms with Gasteiger partial charge < -0.3 is 14.2 Å². The van der Waals surface area contributed by atoms with Crippen molar-refractivity contribution < 1.29 is 19.0 Å². The normalized spacial score (nSPS) is 15.3. The molecule has 1 atom stereocenters. The van der Waals surface area contributed by atoms with Crippen LogP contribution in [-0.2, 0) is 9.53 Å². The van der Waals surface area contributed by atoms with E-state index in [-0.39, 0.29) is 11.5 Å². The molecule has 4 rings (SSSR count). The Balaban J connectivity index is 1.72. The van der Waals surface area contributed by atoms with Crippen molar-refractivity contribution in [2.45, 2.75) is 51.0 Å². The second-order valence-electron chi connectivity index (χ2n) is 8.52. The van der Waals surface area contributed by atoms with Gasteiger partial charge in [-0.3, -0.25) is 4.79 Å². The Hall–Kier alpha value is -3.20. The number of hydrogen-bond acceptors (Lipinski definition) is 7. The first-order valence-electron chi connectivity index (χ1n) is 11.6. The standard InChI is InChI=1S/C26H28BrN3O5/c1-16(26(32)34-3)35-22-12-9-17(13-23(22)33-2)15-28-30-24(18-7-5-4-6-8-18)29-21-11-10-19(27)14-20(21)25(30)31/h9-16,18H,4-8H2,1-3H3/t16-/m0/s1. The molecule has 184 valence electrons. The molecule has 0 saturated heterocycles. The molecular weight excluding hydrogens is 514 g/mol. The summed E-state index contributed by atoms with van der Waals surface area (Å²) in [4.78, 5) is 30.0. The fourth-order valence-corrected chi connectivity index (χ4v) is 4.65. The first-order chi connectivity index (χ1) is 16.9. The predicted octanol–water partition coefficient (Wildman–Crippen LogP) is 5.04. The molecule has 0 N–H and O–H groups in total. The third-order valence-electron chi connectivity index (χ3n) is 6.15. The topological polar surface area (TPSA) is 92.0 Å². The van der Waals surface area contributed by atoms with Gasteiger partial charge in [0.1, 0.15) is 5.82 Å². The molecule has 2 aromatic carbocycles. The number of benzene rings is 2. The van der Waals surface area contributed by atoms with E-state index in [1.54, 1.807) is 37.4 Å². The van der Waals surface area contributed by atoms with Crippen LogP contribution >= 0.6 is 15.9 Å². The average Bonchev–Trinajstić information content (AvgIpc) is 2.88. The van der Waals surface area contributed by atoms with Gasteiger partial charge >= 0.3 is 5.97 Å². The van der Waals surface area contributed by atoms with Gasteiger partial charge in [-0.05, 0) is 61.7 Å². The van der Waals surface area contributed by atoms with Crippen LogP contribution < -0.4 is 15.0 Å². The molecule has 0 amide bonds. The summed E-state index contributed by atoms with van der Waals surface area (Å²) in [7, 11) is 2.82. The van der Waals surface area contributed by atoms with Crippen LogP contribution in [0, 0.1) is 0 Å². The lowest BCUT2D eigenvalue weighted by molar-refractivity contribution is -0.147. The molecule has 1 aliphatic carbocycles. The fraction of sp³-hybridized carbons (Fsp3) is 0.385. The van der Waals surface area contributed by atoms with E-state index in [0.29, 0.717) is 33.8 Å². The summed E-state index contributed by atoms with van der Waals surface area (Å²) in [5.74, 6) is 1.24. The van der Waals surface area contributed by atoms with E-state index < -0.39 is 12.1 Å². The molecule has 1 heterocycles. The van der Waals surface area contributed by atoms with E-state index in [2.05, 4.69) is 21.0 Å². The molecule has 1 saturated carbocycles. The Labute approximate surface area is 212 Å². The Morgan fingerprint density at radius 3 is 2.63 bits per heavy atom. The summed E-state index contributed by atoms with van der Waals surface area (Å²) < 4.78 is 18.1. The molecule has 1 aliphatic rings. The summed E-state index contributed by atoms with van der Waals surface area (Å²) in [6.45, 7) is 1.60. The zero-order valence-electron chi connectivity index (χ0n) is 20.0. The molecule has 0 bridgehead atoms. The number of methoxy groups -OCH3 is 2. The van der Waals surface area contributed by atoms with Gasteiger partial charge in [0.15, 0.2) is 17.6 Å². The van der Waals surface area contributed by atoms with E-state index in [1.165, 1.54) is 25.3 Å². The number of ether oxygens (including phenoxy) is 3. The summed E-state index contributed by atoms with van der Waals surface area (Å²) in [5.41, 5.74) is 1.18. The number of rotatable bonds is 7. The number of carbonyl (C=O) groups is 1. The minimum absolute atomic E-state index is 0.187. The Bertz CT molecular complexity index is 1310. The number of hydrogen-bond donors (Lipinski definition) is 0. The Kier molecular flexibility index (Phi) is 7.85. The lowest BCUT2D eigenvalue weighted by atomic mass is 9.88. The molecule has 0 spiro atoms. The van der Waals surface area contributed by atoms with Crippen LogP contribution in [0.1, 0.15) is 56.3 Å². The Morgan fingerprint density at radius 1 is 1.14 bits per heavy atom. The van der Waals surface area contributed by atoms with Crippen molar-refractivity contribution in [3.63, 3.8) is 0 Å². The summed E-state index contributed by atoms with van der Waals surface area (Å²) in [6.07, 6.45) is 6.23. The third kappa shape index (κ3) is 5.56. The smallest absolute Gasteiger partial charge is 0.346 e. The number of carbonyl (C=O) groups excluding carboxylic acids is 1. The zero-order chi connectivity index (χ0) is 24.9. The van der Waals surface area contributed by atoms with Gasteiger partial charge in [-0.15, -0.1) is 0 Å². The number of fused-ring (bicyclic) bond motifs is 1. The minimum Gasteiger partial charge on any atom is -0.493 e. The highest BCUT2D eigenvalue weighted by molar-refractivity contribution is 9.10. The maximum atomic E-state index is 13.5. The lowest BCUT2D eigenvalue weighted by Gasteiger charge is -2.22. The maximum Gasteiger partial charge on any atom is 0.346 e. The van der Waals surface area contributed by atoms with E-state index >= 15 is 0 Å². The molecule has 9 heteroatoms. The maximum absolute atomic E-state index is 13.5. The second-order valence-corrected chi connectivity index (χ2v) is 9.44. The molecule has 0 radical (unpaired) electrons. The van der Waals surface area contributed by atoms with Crippen LogP contribution in [0.15, 0.2) is 50.8 Å². The van der Waals surface area contributed by atoms with E-state index in [4.69, 9.17) is 19.2 Å². The molecule has 0 aliphatic heterocycles. The van der Waals surface area contributed by atoms with E-state index in [0.717, 1.165) is 30.2 Å². The van der Waals surface area contributed by atoms with Crippen molar-refractivity contribution in [3.05, 3.63) is 62.6 Å². The van der Waals surface area contributed by atoms with Gasteiger partial charge in [-0.2, -0.15) is 9.78 Å². The highest BCUT2D eigenvalue weighted by atomic mass is 79.9. The van der Waals surface area contributed by atoms with Gasteiger partial charge in [0.05, 0.1) is 31.3 Å². The predicted molar refractivity (Wildman–Crippen MR) is 138 cm³/mol. The quantitative estimate of drug-likeness (QED) is 0.307. The molecule has 35 heavy (non-hydrogen) atoms. The van der Waals surface area contributed by atoms with Gasteiger partial charge in [-0.25, -0.2) is 9.78 Å². The van der Waals surface area contributed by atoms with Crippen molar-refractivity contribution in [3.8, 4) is 11.5 Å². The van der Waals surface area contributed by atoms with Crippen molar-refractivity contribution in [2.75, 3.05) is 14.2 Å². The van der Waals surface area contributed by atoms with Crippen LogP contribution in [-0.4, -0.2) is 42.2 Å². The van der Waals surface area contributed by atoms with E-state index in [9.17, 15) is 9.59 Å². The van der Waals surface area contributed by atoms with Crippen molar-refractivity contribution in [1.29, 1.82) is 0 Å². The number of esters is 1. The number of halogens is 1. The van der Waals surface area contributed by atoms with Crippen molar-refractivity contribution >= 4 is 39.0 Å². The number of nitrogens with zero attached hydrogens (tertiary/aromatic N) is 3. The fourth-order valence-electron chi connectivity index (χ4n) is 4.29. The van der Waals surface area contributed by atoms with Crippen molar-refractivity contribution in [1.82, 2.24) is 9.66 Å². The van der Waals surface area contributed by atoms with E-state index in [1.807, 2.05) is 12.1 Å². The molecule has 8 nitrogen and oxygen atoms in total. The first-order valence-corrected chi connectivity index (χ1v) is 12.4. The SMILES string of the molecule is COC(=O)[C@H](C)Oc1ccc(C=Nn2c(C3CCCCC3)nc3ccc(Br)cc3c2=O)cc1OC. The average molecular weight is 542 g/mol. The summed E-state index contributed by atoms with van der Waals surface area (Å²) in [6, 6.07) is 10.7. The molecule has 3 aromatic rings. The summed E-state index contributed by atoms with van der Waals surface area (Å²) >= 11 is 3.45. The van der Waals surface area contributed by atoms with Gasteiger partial charge in [0.25, 0.3) is 5.56 Å². The van der Waals surface area contributed by atoms with Gasteiger partial charge in [-0.1, -0.05) is 35.2 Å². The molecule has 1 fully saturated rings. The van der Waals surface area contributed by atoms with Crippen LogP contribution in [0.4, 0.5) is 0 Å². The Morgan fingerprint density at radius 2 is 1.91 bits per heavy atom. The van der Waals surface area contributed by atoms with Crippen LogP contribution in [0.25, 0.3) is 10.9 Å². The minimum atomic E-state index is -0.784. The number of aromatic nitrogens is 2. The zero-order valence-corrected chi connectivity index (χ0v) is 21.6. The van der Waals surface area contributed by atoms with Gasteiger partial charge in [0.2, 0.25) is 0 Å². The highest BCUT2D eigenvalue weighted by Gasteiger charge is 2.23. The van der Waals surface area contributed by atoms with Gasteiger partial charge in [0, 0.05) is 10.4 Å². The second kappa shape index (κ2) is 11.0. The molecule has 1 aromatic heterocycles. The highest BCUT2D eigenvalue weighted by Crippen LogP contribution is 2.32. The molecule has 0 unspecified atom stereocenters.